The summed E-state index contributed by atoms with van der Waals surface area (Å²) in [5.74, 6) is -0.0388. The summed E-state index contributed by atoms with van der Waals surface area (Å²) in [7, 11) is 1.74. The van der Waals surface area contributed by atoms with Gasteiger partial charge in [-0.1, -0.05) is 12.2 Å². The number of ether oxygens (including phenoxy) is 2. The van der Waals surface area contributed by atoms with Gasteiger partial charge in [0.25, 0.3) is 0 Å². The molecule has 1 heterocycles. The van der Waals surface area contributed by atoms with Crippen LogP contribution in [0.2, 0.25) is 0 Å². The van der Waals surface area contributed by atoms with E-state index in [-0.39, 0.29) is 30.8 Å². The van der Waals surface area contributed by atoms with Crippen LogP contribution in [0.15, 0.2) is 0 Å². The van der Waals surface area contributed by atoms with E-state index in [0.29, 0.717) is 18.0 Å². The maximum atomic E-state index is 11.8. The van der Waals surface area contributed by atoms with Crippen molar-refractivity contribution in [1.82, 2.24) is 4.90 Å². The number of thiocarbonyl (C=S) groups is 1. The number of carbonyl (C=O) groups excluding carboxylic acids is 1. The van der Waals surface area contributed by atoms with Crippen LogP contribution < -0.4 is 5.73 Å². The van der Waals surface area contributed by atoms with Crippen molar-refractivity contribution in [1.29, 1.82) is 0 Å². The van der Waals surface area contributed by atoms with Gasteiger partial charge in [-0.3, -0.25) is 4.79 Å². The first-order valence-corrected chi connectivity index (χ1v) is 7.08. The maximum Gasteiger partial charge on any atom is 0.248 e. The molecule has 0 aromatic carbocycles. The van der Waals surface area contributed by atoms with E-state index in [1.807, 2.05) is 13.8 Å². The average molecular weight is 288 g/mol. The van der Waals surface area contributed by atoms with E-state index in [1.54, 1.807) is 11.9 Å². The first-order valence-electron chi connectivity index (χ1n) is 6.67. The molecule has 6 heteroatoms. The molecule has 0 saturated carbocycles. The fourth-order valence-corrected chi connectivity index (χ4v) is 2.27. The third kappa shape index (κ3) is 6.31. The molecule has 1 aliphatic rings. The van der Waals surface area contributed by atoms with Crippen molar-refractivity contribution in [3.05, 3.63) is 0 Å². The van der Waals surface area contributed by atoms with Crippen molar-refractivity contribution in [3.8, 4) is 0 Å². The summed E-state index contributed by atoms with van der Waals surface area (Å²) >= 11 is 4.79. The normalized spacial score (nSPS) is 27.0. The quantitative estimate of drug-likeness (QED) is 0.741. The lowest BCUT2D eigenvalue weighted by atomic mass is 10.0. The molecule has 0 radical (unpaired) electrons. The van der Waals surface area contributed by atoms with Crippen LogP contribution >= 0.6 is 12.2 Å². The Bertz CT molecular complexity index is 315. The Balaban J connectivity index is 2.27. The molecule has 0 spiro atoms. The summed E-state index contributed by atoms with van der Waals surface area (Å²) in [6.07, 6.45) is 2.71. The lowest BCUT2D eigenvalue weighted by Gasteiger charge is -2.32. The summed E-state index contributed by atoms with van der Waals surface area (Å²) in [5, 5.41) is 0. The summed E-state index contributed by atoms with van der Waals surface area (Å²) in [4.78, 5) is 13.9. The molecule has 1 aliphatic heterocycles. The van der Waals surface area contributed by atoms with Crippen LogP contribution in [-0.2, 0) is 14.3 Å². The van der Waals surface area contributed by atoms with E-state index in [2.05, 4.69) is 0 Å². The Morgan fingerprint density at radius 1 is 1.42 bits per heavy atom. The summed E-state index contributed by atoms with van der Waals surface area (Å²) in [5.41, 5.74) is 5.41. The number of nitrogens with zero attached hydrogens (tertiary/aromatic N) is 1. The van der Waals surface area contributed by atoms with Gasteiger partial charge < -0.3 is 20.1 Å². The minimum atomic E-state index is -0.0388. The van der Waals surface area contributed by atoms with Crippen LogP contribution in [0.1, 0.15) is 33.1 Å². The Labute approximate surface area is 120 Å². The molecule has 0 aromatic rings. The van der Waals surface area contributed by atoms with Crippen molar-refractivity contribution in [2.75, 3.05) is 20.2 Å². The van der Waals surface area contributed by atoms with E-state index < -0.39 is 0 Å². The Hall–Kier alpha value is -0.720. The smallest absolute Gasteiger partial charge is 0.248 e. The second-order valence-corrected chi connectivity index (χ2v) is 5.72. The Morgan fingerprint density at radius 2 is 2.00 bits per heavy atom. The average Bonchev–Trinajstić information content (AvgIpc) is 2.31. The lowest BCUT2D eigenvalue weighted by molar-refractivity contribution is -0.143. The van der Waals surface area contributed by atoms with Crippen LogP contribution in [0.4, 0.5) is 0 Å². The van der Waals surface area contributed by atoms with Gasteiger partial charge in [0.1, 0.15) is 6.61 Å². The highest BCUT2D eigenvalue weighted by atomic mass is 32.1. The summed E-state index contributed by atoms with van der Waals surface area (Å²) in [6, 6.07) is 0. The predicted molar refractivity (Wildman–Crippen MR) is 78.0 cm³/mol. The number of hydrogen-bond acceptors (Lipinski definition) is 4. The van der Waals surface area contributed by atoms with Crippen LogP contribution in [0.3, 0.4) is 0 Å². The number of rotatable bonds is 6. The van der Waals surface area contributed by atoms with E-state index in [0.717, 1.165) is 12.8 Å². The largest absolute Gasteiger partial charge is 0.393 e. The molecule has 1 saturated heterocycles. The fourth-order valence-electron chi connectivity index (χ4n) is 2.18. The zero-order chi connectivity index (χ0) is 14.4. The number of nitrogens with two attached hydrogens (primary N) is 1. The van der Waals surface area contributed by atoms with Gasteiger partial charge in [0.05, 0.1) is 23.3 Å². The van der Waals surface area contributed by atoms with Gasteiger partial charge in [0.15, 0.2) is 0 Å². The molecule has 0 aromatic heterocycles. The third-order valence-corrected chi connectivity index (χ3v) is 3.42. The van der Waals surface area contributed by atoms with Gasteiger partial charge in [-0.15, -0.1) is 0 Å². The molecule has 2 N–H and O–H groups in total. The van der Waals surface area contributed by atoms with Crippen LogP contribution in [0.5, 0.6) is 0 Å². The minimum absolute atomic E-state index is 0.0388. The van der Waals surface area contributed by atoms with Crippen LogP contribution in [0.25, 0.3) is 0 Å². The van der Waals surface area contributed by atoms with Crippen molar-refractivity contribution in [3.63, 3.8) is 0 Å². The van der Waals surface area contributed by atoms with Gasteiger partial charge >= 0.3 is 0 Å². The third-order valence-electron chi connectivity index (χ3n) is 3.22. The van der Waals surface area contributed by atoms with Gasteiger partial charge in [0, 0.05) is 20.0 Å². The zero-order valence-corrected chi connectivity index (χ0v) is 12.7. The van der Waals surface area contributed by atoms with E-state index in [1.165, 1.54) is 0 Å². The van der Waals surface area contributed by atoms with Gasteiger partial charge in [-0.25, -0.2) is 0 Å². The molecular weight excluding hydrogens is 264 g/mol. The first kappa shape index (κ1) is 16.3. The SMILES string of the molecule is CC1CC(OCC(=O)N(C)CCC(N)=S)CC(C)O1. The summed E-state index contributed by atoms with van der Waals surface area (Å²) < 4.78 is 11.3. The monoisotopic (exact) mass is 288 g/mol. The molecule has 0 aliphatic carbocycles. The second kappa shape index (κ2) is 7.77. The van der Waals surface area contributed by atoms with Crippen LogP contribution in [-0.4, -0.2) is 54.3 Å². The topological polar surface area (TPSA) is 64.8 Å². The van der Waals surface area contributed by atoms with Crippen LogP contribution in [0, 0.1) is 0 Å². The van der Waals surface area contributed by atoms with Gasteiger partial charge in [-0.2, -0.15) is 0 Å². The summed E-state index contributed by atoms with van der Waals surface area (Å²) in [6.45, 7) is 4.71. The highest BCUT2D eigenvalue weighted by molar-refractivity contribution is 7.80. The second-order valence-electron chi connectivity index (χ2n) is 5.19. The highest BCUT2D eigenvalue weighted by Gasteiger charge is 2.25. The standard InChI is InChI=1S/C13H24N2O3S/c1-9-6-11(7-10(2)18-9)17-8-13(16)15(3)5-4-12(14)19/h9-11H,4-8H2,1-3H3,(H2,14,19). The molecule has 1 amide bonds. The predicted octanol–water partition coefficient (Wildman–Crippen LogP) is 1.09. The molecule has 2 atom stereocenters. The first-order chi connectivity index (χ1) is 8.88. The van der Waals surface area contributed by atoms with E-state index in [4.69, 9.17) is 27.4 Å². The molecular formula is C13H24N2O3S. The van der Waals surface area contributed by atoms with Crippen molar-refractivity contribution < 1.29 is 14.3 Å². The number of amides is 1. The Morgan fingerprint density at radius 3 is 2.53 bits per heavy atom. The molecule has 19 heavy (non-hydrogen) atoms. The molecule has 2 unspecified atom stereocenters. The maximum absolute atomic E-state index is 11.8. The minimum Gasteiger partial charge on any atom is -0.393 e. The molecule has 5 nitrogen and oxygen atoms in total. The molecule has 1 fully saturated rings. The van der Waals surface area contributed by atoms with E-state index >= 15 is 0 Å². The number of hydrogen-bond donors (Lipinski definition) is 1. The fraction of sp³-hybridized carbons (Fsp3) is 0.846. The van der Waals surface area contributed by atoms with Gasteiger partial charge in [0.2, 0.25) is 5.91 Å². The van der Waals surface area contributed by atoms with Gasteiger partial charge in [-0.05, 0) is 26.7 Å². The van der Waals surface area contributed by atoms with Crippen molar-refractivity contribution >= 4 is 23.1 Å². The van der Waals surface area contributed by atoms with Crippen molar-refractivity contribution in [2.45, 2.75) is 51.4 Å². The molecule has 1 rings (SSSR count). The zero-order valence-electron chi connectivity index (χ0n) is 11.9. The number of likely N-dealkylation sites (N-methyl/N-ethyl adjacent to an activating group) is 1. The molecule has 0 bridgehead atoms. The van der Waals surface area contributed by atoms with Crippen molar-refractivity contribution in [2.24, 2.45) is 5.73 Å². The number of carbonyl (C=O) groups is 1. The Kier molecular flexibility index (Phi) is 6.68. The van der Waals surface area contributed by atoms with E-state index in [9.17, 15) is 4.79 Å². The highest BCUT2D eigenvalue weighted by Crippen LogP contribution is 2.21. The lowest BCUT2D eigenvalue weighted by Crippen LogP contribution is -2.38. The molecule has 110 valence electrons.